The molecule has 0 spiro atoms. The topological polar surface area (TPSA) is 75.6 Å². The Bertz CT molecular complexity index is 1050. The maximum Gasteiger partial charge on any atom is 0.254 e. The summed E-state index contributed by atoms with van der Waals surface area (Å²) in [6.07, 6.45) is 4.00. The average molecular weight is 373 g/mol. The number of imidazole rings is 1. The van der Waals surface area contributed by atoms with Gasteiger partial charge in [-0.05, 0) is 37.1 Å². The van der Waals surface area contributed by atoms with Crippen LogP contribution in [0.2, 0.25) is 0 Å². The number of amides is 1. The van der Waals surface area contributed by atoms with Crippen molar-refractivity contribution in [3.05, 3.63) is 77.9 Å². The summed E-state index contributed by atoms with van der Waals surface area (Å²) in [6.45, 7) is 2.63. The molecular formula is C22H23N5O. The van der Waals surface area contributed by atoms with Crippen molar-refractivity contribution in [2.75, 3.05) is 6.54 Å². The average Bonchev–Trinajstić information content (AvgIpc) is 3.35. The molecular weight excluding hydrogens is 350 g/mol. The monoisotopic (exact) mass is 373 g/mol. The van der Waals surface area contributed by atoms with Crippen LogP contribution in [0.15, 0.2) is 60.8 Å². The standard InChI is InChI=1S/C22H23N5O/c1-2-20-17(15-24-27(20)16-9-4-3-5-10-16)22(28)23-14-8-13-21-25-18-11-6-7-12-19(18)26-21/h3-7,9-12,15H,2,8,13-14H2,1H3,(H,23,28)(H,25,26). The van der Waals surface area contributed by atoms with E-state index in [9.17, 15) is 4.79 Å². The number of benzene rings is 2. The van der Waals surface area contributed by atoms with Crippen LogP contribution in [0.1, 0.15) is 35.2 Å². The van der Waals surface area contributed by atoms with Crippen molar-refractivity contribution in [2.24, 2.45) is 0 Å². The molecule has 0 fully saturated rings. The fourth-order valence-corrected chi connectivity index (χ4v) is 3.37. The molecule has 0 aliphatic carbocycles. The van der Waals surface area contributed by atoms with Crippen LogP contribution in [-0.2, 0) is 12.8 Å². The number of nitrogens with zero attached hydrogens (tertiary/aromatic N) is 3. The molecule has 2 aromatic heterocycles. The van der Waals surface area contributed by atoms with Gasteiger partial charge in [0, 0.05) is 13.0 Å². The smallest absolute Gasteiger partial charge is 0.254 e. The van der Waals surface area contributed by atoms with E-state index in [1.165, 1.54) is 0 Å². The number of carbonyl (C=O) groups excluding carboxylic acids is 1. The Morgan fingerprint density at radius 3 is 2.68 bits per heavy atom. The lowest BCUT2D eigenvalue weighted by atomic mass is 10.2. The van der Waals surface area contributed by atoms with Gasteiger partial charge in [0.2, 0.25) is 0 Å². The van der Waals surface area contributed by atoms with Crippen LogP contribution in [0.4, 0.5) is 0 Å². The van der Waals surface area contributed by atoms with E-state index >= 15 is 0 Å². The van der Waals surface area contributed by atoms with E-state index in [1.807, 2.05) is 66.2 Å². The van der Waals surface area contributed by atoms with Gasteiger partial charge < -0.3 is 10.3 Å². The predicted octanol–water partition coefficient (Wildman–Crippen LogP) is 3.67. The molecule has 28 heavy (non-hydrogen) atoms. The van der Waals surface area contributed by atoms with Crippen LogP contribution in [-0.4, -0.2) is 32.2 Å². The summed E-state index contributed by atoms with van der Waals surface area (Å²) in [4.78, 5) is 20.5. The Morgan fingerprint density at radius 1 is 1.11 bits per heavy atom. The van der Waals surface area contributed by atoms with Crippen LogP contribution in [0.5, 0.6) is 0 Å². The van der Waals surface area contributed by atoms with Gasteiger partial charge in [0.1, 0.15) is 5.82 Å². The summed E-state index contributed by atoms with van der Waals surface area (Å²) in [5, 5.41) is 7.43. The first-order valence-electron chi connectivity index (χ1n) is 9.60. The molecule has 0 saturated heterocycles. The van der Waals surface area contributed by atoms with E-state index in [0.717, 1.165) is 47.5 Å². The van der Waals surface area contributed by atoms with Crippen molar-refractivity contribution in [3.63, 3.8) is 0 Å². The van der Waals surface area contributed by atoms with E-state index in [1.54, 1.807) is 6.20 Å². The van der Waals surface area contributed by atoms with E-state index in [2.05, 4.69) is 20.4 Å². The third-order valence-electron chi connectivity index (χ3n) is 4.76. The highest BCUT2D eigenvalue weighted by atomic mass is 16.1. The number of aromatic amines is 1. The quantitative estimate of drug-likeness (QED) is 0.485. The number of aryl methyl sites for hydroxylation is 1. The molecule has 4 aromatic rings. The molecule has 142 valence electrons. The molecule has 0 atom stereocenters. The Labute approximate surface area is 163 Å². The zero-order chi connectivity index (χ0) is 19.3. The molecule has 4 rings (SSSR count). The van der Waals surface area contributed by atoms with Crippen molar-refractivity contribution >= 4 is 16.9 Å². The van der Waals surface area contributed by atoms with E-state index in [-0.39, 0.29) is 5.91 Å². The second kappa shape index (κ2) is 8.08. The Morgan fingerprint density at radius 2 is 1.89 bits per heavy atom. The highest BCUT2D eigenvalue weighted by Gasteiger charge is 2.16. The third-order valence-corrected chi connectivity index (χ3v) is 4.76. The zero-order valence-electron chi connectivity index (χ0n) is 15.9. The Kier molecular flexibility index (Phi) is 5.19. The van der Waals surface area contributed by atoms with Crippen molar-refractivity contribution < 1.29 is 4.79 Å². The van der Waals surface area contributed by atoms with Gasteiger partial charge in [-0.3, -0.25) is 4.79 Å². The minimum absolute atomic E-state index is 0.0800. The van der Waals surface area contributed by atoms with Gasteiger partial charge in [-0.1, -0.05) is 37.3 Å². The molecule has 1 amide bonds. The summed E-state index contributed by atoms with van der Waals surface area (Å²) in [5.74, 6) is 0.866. The fraction of sp³-hybridized carbons (Fsp3) is 0.227. The molecule has 0 bridgehead atoms. The summed E-state index contributed by atoms with van der Waals surface area (Å²) < 4.78 is 1.84. The first kappa shape index (κ1) is 18.0. The lowest BCUT2D eigenvalue weighted by Crippen LogP contribution is -2.25. The van der Waals surface area contributed by atoms with Gasteiger partial charge in [-0.25, -0.2) is 9.67 Å². The van der Waals surface area contributed by atoms with E-state index in [4.69, 9.17) is 0 Å². The molecule has 6 heteroatoms. The minimum Gasteiger partial charge on any atom is -0.352 e. The largest absolute Gasteiger partial charge is 0.352 e. The molecule has 2 aromatic carbocycles. The maximum atomic E-state index is 12.6. The molecule has 0 saturated carbocycles. The summed E-state index contributed by atoms with van der Waals surface area (Å²) in [7, 11) is 0. The number of hydrogen-bond donors (Lipinski definition) is 2. The van der Waals surface area contributed by atoms with Gasteiger partial charge in [0.15, 0.2) is 0 Å². The number of rotatable bonds is 7. The van der Waals surface area contributed by atoms with Crippen LogP contribution < -0.4 is 5.32 Å². The second-order valence-corrected chi connectivity index (χ2v) is 6.67. The highest BCUT2D eigenvalue weighted by molar-refractivity contribution is 5.95. The molecule has 0 aliphatic heterocycles. The number of fused-ring (bicyclic) bond motifs is 1. The molecule has 2 N–H and O–H groups in total. The van der Waals surface area contributed by atoms with Crippen LogP contribution in [0.25, 0.3) is 16.7 Å². The van der Waals surface area contributed by atoms with Gasteiger partial charge in [0.25, 0.3) is 5.91 Å². The zero-order valence-corrected chi connectivity index (χ0v) is 15.9. The van der Waals surface area contributed by atoms with Crippen molar-refractivity contribution in [3.8, 4) is 5.69 Å². The number of carbonyl (C=O) groups is 1. The normalized spacial score (nSPS) is 11.0. The van der Waals surface area contributed by atoms with Crippen LogP contribution in [0.3, 0.4) is 0 Å². The summed E-state index contributed by atoms with van der Waals surface area (Å²) >= 11 is 0. The van der Waals surface area contributed by atoms with Gasteiger partial charge >= 0.3 is 0 Å². The first-order valence-corrected chi connectivity index (χ1v) is 9.60. The predicted molar refractivity (Wildman–Crippen MR) is 110 cm³/mol. The van der Waals surface area contributed by atoms with Gasteiger partial charge in [-0.2, -0.15) is 5.10 Å². The molecule has 0 radical (unpaired) electrons. The minimum atomic E-state index is -0.0800. The van der Waals surface area contributed by atoms with Crippen molar-refractivity contribution in [2.45, 2.75) is 26.2 Å². The lowest BCUT2D eigenvalue weighted by Gasteiger charge is -2.08. The van der Waals surface area contributed by atoms with Crippen LogP contribution >= 0.6 is 0 Å². The van der Waals surface area contributed by atoms with Crippen molar-refractivity contribution in [1.29, 1.82) is 0 Å². The molecule has 2 heterocycles. The van der Waals surface area contributed by atoms with E-state index < -0.39 is 0 Å². The maximum absolute atomic E-state index is 12.6. The second-order valence-electron chi connectivity index (χ2n) is 6.67. The number of nitrogens with one attached hydrogen (secondary N) is 2. The number of aromatic nitrogens is 4. The number of para-hydroxylation sites is 3. The fourth-order valence-electron chi connectivity index (χ4n) is 3.37. The Balaban J connectivity index is 1.37. The number of H-pyrrole nitrogens is 1. The Hall–Kier alpha value is -3.41. The molecule has 0 unspecified atom stereocenters. The third kappa shape index (κ3) is 3.67. The lowest BCUT2D eigenvalue weighted by molar-refractivity contribution is 0.0952. The van der Waals surface area contributed by atoms with Gasteiger partial charge in [-0.15, -0.1) is 0 Å². The first-order chi connectivity index (χ1) is 13.8. The highest BCUT2D eigenvalue weighted by Crippen LogP contribution is 2.16. The SMILES string of the molecule is CCc1c(C(=O)NCCCc2nc3ccccc3[nH]2)cnn1-c1ccccc1. The van der Waals surface area contributed by atoms with Crippen LogP contribution in [0, 0.1) is 0 Å². The van der Waals surface area contributed by atoms with Crippen molar-refractivity contribution in [1.82, 2.24) is 25.1 Å². The summed E-state index contributed by atoms with van der Waals surface area (Å²) in [6, 6.07) is 17.9. The molecule has 6 nitrogen and oxygen atoms in total. The number of hydrogen-bond acceptors (Lipinski definition) is 3. The summed E-state index contributed by atoms with van der Waals surface area (Å²) in [5.41, 5.74) is 4.53. The molecule has 0 aliphatic rings. The van der Waals surface area contributed by atoms with Gasteiger partial charge in [0.05, 0.1) is 34.2 Å². The van der Waals surface area contributed by atoms with E-state index in [0.29, 0.717) is 12.1 Å².